The lowest BCUT2D eigenvalue weighted by Crippen LogP contribution is -2.75. The van der Waals surface area contributed by atoms with E-state index in [0.29, 0.717) is 36.1 Å². The van der Waals surface area contributed by atoms with Gasteiger partial charge in [0, 0.05) is 11.8 Å². The van der Waals surface area contributed by atoms with Gasteiger partial charge in [-0.05, 0) is 74.0 Å². The van der Waals surface area contributed by atoms with Gasteiger partial charge in [0.05, 0.1) is 19.1 Å². The van der Waals surface area contributed by atoms with E-state index in [1.807, 2.05) is 6.92 Å². The average Bonchev–Trinajstić information content (AvgIpc) is 2.96. The van der Waals surface area contributed by atoms with Gasteiger partial charge in [-0.1, -0.05) is 20.8 Å². The molecular weight excluding hydrogens is 340 g/mol. The molecule has 2 aliphatic heterocycles. The fourth-order valence-electron chi connectivity index (χ4n) is 8.83. The zero-order chi connectivity index (χ0) is 19.2. The molecule has 0 aromatic rings. The number of methoxy groups -OCH3 is 1. The van der Waals surface area contributed by atoms with Crippen LogP contribution in [0.15, 0.2) is 0 Å². The first-order valence-electron chi connectivity index (χ1n) is 11.1. The van der Waals surface area contributed by atoms with Crippen molar-refractivity contribution in [2.24, 2.45) is 40.4 Å². The van der Waals surface area contributed by atoms with E-state index in [9.17, 15) is 9.59 Å². The van der Waals surface area contributed by atoms with Gasteiger partial charge in [-0.3, -0.25) is 9.59 Å². The fourth-order valence-corrected chi connectivity index (χ4v) is 8.83. The van der Waals surface area contributed by atoms with E-state index in [4.69, 9.17) is 9.47 Å². The highest BCUT2D eigenvalue weighted by Crippen LogP contribution is 2.72. The summed E-state index contributed by atoms with van der Waals surface area (Å²) in [5, 5.41) is 0. The molecule has 1 spiro atoms. The van der Waals surface area contributed by atoms with Crippen LogP contribution in [0.5, 0.6) is 0 Å². The molecule has 2 heterocycles. The standard InChI is InChI=1S/C23H34O4/c1-13(20(25)26-4)16-7-8-17-18-6-5-14-11-15-9-10-22(14,3)23(18,27-15)19(24)12-21(16,17)2/h13-18H,5-12H2,1-4H3/t13-,14+,15-,16+,17-,18+,21-,22+,23+/m1/s1. The van der Waals surface area contributed by atoms with Crippen molar-refractivity contribution in [2.75, 3.05) is 7.11 Å². The van der Waals surface area contributed by atoms with Crippen LogP contribution in [0.1, 0.15) is 72.1 Å². The largest absolute Gasteiger partial charge is 0.469 e. The number of fused-ring (bicyclic) bond motifs is 3. The number of carbonyl (C=O) groups is 2. The van der Waals surface area contributed by atoms with E-state index < -0.39 is 5.60 Å². The van der Waals surface area contributed by atoms with Crippen LogP contribution in [-0.4, -0.2) is 30.6 Å². The second-order valence-electron chi connectivity index (χ2n) is 10.8. The van der Waals surface area contributed by atoms with Crippen LogP contribution in [0, 0.1) is 40.4 Å². The molecule has 4 bridgehead atoms. The molecule has 6 rings (SSSR count). The summed E-state index contributed by atoms with van der Waals surface area (Å²) in [5.41, 5.74) is -0.608. The summed E-state index contributed by atoms with van der Waals surface area (Å²) in [7, 11) is 1.48. The number of hydrogen-bond donors (Lipinski definition) is 0. The zero-order valence-corrected chi connectivity index (χ0v) is 17.3. The van der Waals surface area contributed by atoms with Crippen LogP contribution in [-0.2, 0) is 19.1 Å². The van der Waals surface area contributed by atoms with Crippen LogP contribution < -0.4 is 0 Å². The van der Waals surface area contributed by atoms with Gasteiger partial charge in [0.25, 0.3) is 0 Å². The molecular formula is C23H34O4. The van der Waals surface area contributed by atoms with E-state index in [2.05, 4.69) is 13.8 Å². The smallest absolute Gasteiger partial charge is 0.308 e. The third kappa shape index (κ3) is 1.99. The van der Waals surface area contributed by atoms with Gasteiger partial charge >= 0.3 is 5.97 Å². The molecule has 0 radical (unpaired) electrons. The van der Waals surface area contributed by atoms with Crippen LogP contribution >= 0.6 is 0 Å². The SMILES string of the molecule is COC(=O)[C@H](C)[C@@H]1CC[C@@H]2[C@@H]3CC[C@H]4C[C@H]5CC[C@]4(C)[C@@]3(O5)C(=O)C[C@@]21C. The predicted octanol–water partition coefficient (Wildman–Crippen LogP) is 4.15. The first kappa shape index (κ1) is 18.1. The molecule has 2 saturated heterocycles. The molecule has 6 aliphatic rings. The first-order valence-corrected chi connectivity index (χ1v) is 11.1. The van der Waals surface area contributed by atoms with Crippen molar-refractivity contribution in [2.45, 2.75) is 83.8 Å². The van der Waals surface area contributed by atoms with E-state index in [0.717, 1.165) is 38.5 Å². The molecule has 4 heteroatoms. The van der Waals surface area contributed by atoms with Gasteiger partial charge in [0.1, 0.15) is 5.60 Å². The maximum absolute atomic E-state index is 13.9. The maximum atomic E-state index is 13.9. The highest BCUT2D eigenvalue weighted by molar-refractivity contribution is 5.91. The van der Waals surface area contributed by atoms with E-state index in [1.54, 1.807) is 0 Å². The lowest BCUT2D eigenvalue weighted by atomic mass is 9.40. The van der Waals surface area contributed by atoms with Crippen molar-refractivity contribution >= 4 is 11.8 Å². The number of esters is 1. The molecule has 0 N–H and O–H groups in total. The van der Waals surface area contributed by atoms with Crippen molar-refractivity contribution in [1.29, 1.82) is 0 Å². The van der Waals surface area contributed by atoms with Gasteiger partial charge in [0.2, 0.25) is 0 Å². The van der Waals surface area contributed by atoms with Crippen LogP contribution in [0.4, 0.5) is 0 Å². The summed E-state index contributed by atoms with van der Waals surface area (Å²) in [6, 6.07) is 0. The molecule has 6 fully saturated rings. The van der Waals surface area contributed by atoms with Crippen molar-refractivity contribution in [3.05, 3.63) is 0 Å². The van der Waals surface area contributed by atoms with Crippen LogP contribution in [0.3, 0.4) is 0 Å². The monoisotopic (exact) mass is 374 g/mol. The predicted molar refractivity (Wildman–Crippen MR) is 101 cm³/mol. The van der Waals surface area contributed by atoms with Crippen molar-refractivity contribution in [3.8, 4) is 0 Å². The topological polar surface area (TPSA) is 52.6 Å². The quantitative estimate of drug-likeness (QED) is 0.681. The molecule has 4 saturated carbocycles. The normalized spacial score (nSPS) is 54.2. The Morgan fingerprint density at radius 3 is 2.63 bits per heavy atom. The minimum Gasteiger partial charge on any atom is -0.469 e. The molecule has 27 heavy (non-hydrogen) atoms. The van der Waals surface area contributed by atoms with Crippen LogP contribution in [0.25, 0.3) is 0 Å². The van der Waals surface area contributed by atoms with Gasteiger partial charge in [-0.2, -0.15) is 0 Å². The maximum Gasteiger partial charge on any atom is 0.308 e. The highest BCUT2D eigenvalue weighted by atomic mass is 16.5. The Bertz CT molecular complexity index is 688. The van der Waals surface area contributed by atoms with Gasteiger partial charge in [-0.25, -0.2) is 0 Å². The summed E-state index contributed by atoms with van der Waals surface area (Å²) < 4.78 is 11.8. The fraction of sp³-hybridized carbons (Fsp3) is 0.913. The summed E-state index contributed by atoms with van der Waals surface area (Å²) >= 11 is 0. The molecule has 0 aromatic heterocycles. The van der Waals surface area contributed by atoms with E-state index in [-0.39, 0.29) is 28.6 Å². The van der Waals surface area contributed by atoms with Crippen molar-refractivity contribution in [3.63, 3.8) is 0 Å². The van der Waals surface area contributed by atoms with E-state index in [1.165, 1.54) is 13.5 Å². The third-order valence-corrected chi connectivity index (χ3v) is 10.1. The highest BCUT2D eigenvalue weighted by Gasteiger charge is 2.74. The molecule has 150 valence electrons. The Kier molecular flexibility index (Phi) is 3.75. The minimum absolute atomic E-state index is 0.0229. The Hall–Kier alpha value is -0.900. The first-order chi connectivity index (χ1) is 12.8. The Balaban J connectivity index is 1.55. The number of rotatable bonds is 2. The van der Waals surface area contributed by atoms with Gasteiger partial charge in [-0.15, -0.1) is 0 Å². The average molecular weight is 375 g/mol. The van der Waals surface area contributed by atoms with Crippen molar-refractivity contribution in [1.82, 2.24) is 0 Å². The molecule has 4 aliphatic carbocycles. The lowest BCUT2D eigenvalue weighted by molar-refractivity contribution is -0.307. The Morgan fingerprint density at radius 2 is 1.89 bits per heavy atom. The number of hydrogen-bond acceptors (Lipinski definition) is 4. The summed E-state index contributed by atoms with van der Waals surface area (Å²) in [6.07, 6.45) is 8.82. The molecule has 0 aromatic carbocycles. The third-order valence-electron chi connectivity index (χ3n) is 10.1. The van der Waals surface area contributed by atoms with Crippen molar-refractivity contribution < 1.29 is 19.1 Å². The summed E-state index contributed by atoms with van der Waals surface area (Å²) in [6.45, 7) is 6.65. The van der Waals surface area contributed by atoms with E-state index >= 15 is 0 Å². The molecule has 4 nitrogen and oxygen atoms in total. The number of Topliss-reactive ketones (excluding diaryl/α,β-unsaturated/α-hetero) is 1. The number of carbonyl (C=O) groups excluding carboxylic acids is 2. The van der Waals surface area contributed by atoms with Gasteiger partial charge in [0.15, 0.2) is 5.78 Å². The number of ketones is 1. The van der Waals surface area contributed by atoms with Gasteiger partial charge < -0.3 is 9.47 Å². The Labute approximate surface area is 162 Å². The van der Waals surface area contributed by atoms with Crippen LogP contribution in [0.2, 0.25) is 0 Å². The second-order valence-corrected chi connectivity index (χ2v) is 10.8. The lowest BCUT2D eigenvalue weighted by Gasteiger charge is -2.70. The minimum atomic E-state index is -0.537. The molecule has 0 unspecified atom stereocenters. The number of ether oxygens (including phenoxy) is 2. The molecule has 9 atom stereocenters. The molecule has 0 amide bonds. The zero-order valence-electron chi connectivity index (χ0n) is 17.3. The Morgan fingerprint density at radius 1 is 1.15 bits per heavy atom. The summed E-state index contributed by atoms with van der Waals surface area (Å²) in [4.78, 5) is 26.1. The summed E-state index contributed by atoms with van der Waals surface area (Å²) in [5.74, 6) is 1.81. The second kappa shape index (κ2) is 5.58.